The normalized spacial score (nSPS) is 16.6. The Kier molecular flexibility index (Phi) is 3.79. The molecule has 0 radical (unpaired) electrons. The van der Waals surface area contributed by atoms with Crippen molar-refractivity contribution >= 4 is 5.91 Å². The first-order valence-corrected chi connectivity index (χ1v) is 6.20. The van der Waals surface area contributed by atoms with Crippen molar-refractivity contribution in [1.82, 2.24) is 4.90 Å². The van der Waals surface area contributed by atoms with E-state index in [1.807, 2.05) is 37.4 Å². The van der Waals surface area contributed by atoms with Crippen LogP contribution in [-0.4, -0.2) is 23.9 Å². The third-order valence-corrected chi connectivity index (χ3v) is 3.33. The van der Waals surface area contributed by atoms with Gasteiger partial charge in [-0.25, -0.2) is 0 Å². The van der Waals surface area contributed by atoms with E-state index in [0.29, 0.717) is 18.9 Å². The van der Waals surface area contributed by atoms with Crippen molar-refractivity contribution in [2.45, 2.75) is 31.8 Å². The molecule has 0 aliphatic heterocycles. The van der Waals surface area contributed by atoms with E-state index in [-0.39, 0.29) is 11.9 Å². The second-order valence-electron chi connectivity index (χ2n) is 4.94. The molecule has 0 spiro atoms. The lowest BCUT2D eigenvalue weighted by molar-refractivity contribution is -0.130. The highest BCUT2D eigenvalue weighted by Crippen LogP contribution is 2.32. The Morgan fingerprint density at radius 1 is 1.41 bits per heavy atom. The Morgan fingerprint density at radius 3 is 2.65 bits per heavy atom. The molecule has 92 valence electrons. The van der Waals surface area contributed by atoms with Crippen molar-refractivity contribution in [2.75, 3.05) is 7.05 Å². The van der Waals surface area contributed by atoms with Crippen molar-refractivity contribution in [3.8, 4) is 0 Å². The maximum Gasteiger partial charge on any atom is 0.224 e. The third-order valence-electron chi connectivity index (χ3n) is 3.33. The summed E-state index contributed by atoms with van der Waals surface area (Å²) in [6.07, 6.45) is 2.86. The van der Waals surface area contributed by atoms with E-state index in [9.17, 15) is 4.79 Å². The molecule has 1 aromatic rings. The van der Waals surface area contributed by atoms with Gasteiger partial charge in [0.2, 0.25) is 5.91 Å². The average molecular weight is 232 g/mol. The summed E-state index contributed by atoms with van der Waals surface area (Å²) < 4.78 is 0. The Labute approximate surface area is 103 Å². The number of nitrogens with zero attached hydrogens (tertiary/aromatic N) is 1. The zero-order valence-electron chi connectivity index (χ0n) is 10.3. The van der Waals surface area contributed by atoms with Gasteiger partial charge in [0.25, 0.3) is 0 Å². The van der Waals surface area contributed by atoms with Crippen LogP contribution in [0.15, 0.2) is 30.3 Å². The molecule has 1 amide bonds. The molecule has 0 aromatic heterocycles. The standard InChI is InChI=1S/C14H20N2O/c1-16(10-11-5-3-2-4-6-11)14(17)9-13(15)12-7-8-12/h2-6,12-13H,7-10,15H2,1H3. The molecule has 3 nitrogen and oxygen atoms in total. The summed E-state index contributed by atoms with van der Waals surface area (Å²) in [6, 6.07) is 10.1. The topological polar surface area (TPSA) is 46.3 Å². The van der Waals surface area contributed by atoms with Crippen molar-refractivity contribution < 1.29 is 4.79 Å². The molecule has 0 heterocycles. The van der Waals surface area contributed by atoms with Crippen LogP contribution < -0.4 is 5.73 Å². The van der Waals surface area contributed by atoms with E-state index in [1.54, 1.807) is 4.90 Å². The van der Waals surface area contributed by atoms with Crippen LogP contribution in [0.4, 0.5) is 0 Å². The first-order chi connectivity index (χ1) is 8.16. The molecule has 17 heavy (non-hydrogen) atoms. The highest BCUT2D eigenvalue weighted by molar-refractivity contribution is 5.76. The summed E-state index contributed by atoms with van der Waals surface area (Å²) in [5, 5.41) is 0. The Morgan fingerprint density at radius 2 is 2.06 bits per heavy atom. The molecule has 1 aliphatic carbocycles. The van der Waals surface area contributed by atoms with Crippen LogP contribution in [0.1, 0.15) is 24.8 Å². The number of nitrogens with two attached hydrogens (primary N) is 1. The fourth-order valence-corrected chi connectivity index (χ4v) is 1.99. The highest BCUT2D eigenvalue weighted by atomic mass is 16.2. The van der Waals surface area contributed by atoms with Crippen LogP contribution >= 0.6 is 0 Å². The minimum atomic E-state index is 0.0562. The van der Waals surface area contributed by atoms with Gasteiger partial charge in [-0.05, 0) is 24.3 Å². The summed E-state index contributed by atoms with van der Waals surface area (Å²) >= 11 is 0. The summed E-state index contributed by atoms with van der Waals surface area (Å²) in [5.41, 5.74) is 7.12. The Bertz CT molecular complexity index is 373. The van der Waals surface area contributed by atoms with E-state index in [0.717, 1.165) is 5.56 Å². The van der Waals surface area contributed by atoms with Gasteiger partial charge in [-0.1, -0.05) is 30.3 Å². The summed E-state index contributed by atoms with van der Waals surface area (Å²) in [4.78, 5) is 13.7. The molecule has 3 heteroatoms. The molecule has 2 rings (SSSR count). The minimum absolute atomic E-state index is 0.0562. The first-order valence-electron chi connectivity index (χ1n) is 6.20. The summed E-state index contributed by atoms with van der Waals surface area (Å²) in [6.45, 7) is 0.664. The van der Waals surface area contributed by atoms with E-state index < -0.39 is 0 Å². The smallest absolute Gasteiger partial charge is 0.224 e. The molecule has 2 N–H and O–H groups in total. The van der Waals surface area contributed by atoms with E-state index in [2.05, 4.69) is 0 Å². The maximum absolute atomic E-state index is 11.9. The van der Waals surface area contributed by atoms with Gasteiger partial charge < -0.3 is 10.6 Å². The van der Waals surface area contributed by atoms with Crippen LogP contribution in [0.5, 0.6) is 0 Å². The SMILES string of the molecule is CN(Cc1ccccc1)C(=O)CC(N)C1CC1. The van der Waals surface area contributed by atoms with Gasteiger partial charge in [0.05, 0.1) is 0 Å². The lowest BCUT2D eigenvalue weighted by Crippen LogP contribution is -2.34. The summed E-state index contributed by atoms with van der Waals surface area (Å²) in [7, 11) is 1.84. The fraction of sp³-hybridized carbons (Fsp3) is 0.500. The number of carbonyl (C=O) groups excluding carboxylic acids is 1. The number of hydrogen-bond acceptors (Lipinski definition) is 2. The van der Waals surface area contributed by atoms with Crippen molar-refractivity contribution in [3.05, 3.63) is 35.9 Å². The van der Waals surface area contributed by atoms with Gasteiger partial charge in [0.15, 0.2) is 0 Å². The summed E-state index contributed by atoms with van der Waals surface area (Å²) in [5.74, 6) is 0.734. The zero-order chi connectivity index (χ0) is 12.3. The number of benzene rings is 1. The molecule has 0 saturated heterocycles. The Hall–Kier alpha value is -1.35. The van der Waals surface area contributed by atoms with Crippen molar-refractivity contribution in [2.24, 2.45) is 11.7 Å². The second-order valence-corrected chi connectivity index (χ2v) is 4.94. The van der Waals surface area contributed by atoms with Crippen LogP contribution in [0.2, 0.25) is 0 Å². The van der Waals surface area contributed by atoms with Gasteiger partial charge in [-0.3, -0.25) is 4.79 Å². The van der Waals surface area contributed by atoms with Crippen LogP contribution in [0, 0.1) is 5.92 Å². The monoisotopic (exact) mass is 232 g/mol. The van der Waals surface area contributed by atoms with Crippen molar-refractivity contribution in [1.29, 1.82) is 0 Å². The number of rotatable bonds is 5. The van der Waals surface area contributed by atoms with Gasteiger partial charge in [-0.15, -0.1) is 0 Å². The van der Waals surface area contributed by atoms with E-state index in [4.69, 9.17) is 5.73 Å². The molecule has 1 saturated carbocycles. The van der Waals surface area contributed by atoms with Gasteiger partial charge in [-0.2, -0.15) is 0 Å². The number of hydrogen-bond donors (Lipinski definition) is 1. The van der Waals surface area contributed by atoms with E-state index in [1.165, 1.54) is 12.8 Å². The van der Waals surface area contributed by atoms with Crippen LogP contribution in [0.3, 0.4) is 0 Å². The molecule has 1 atom stereocenters. The zero-order valence-corrected chi connectivity index (χ0v) is 10.3. The van der Waals surface area contributed by atoms with E-state index >= 15 is 0 Å². The molecular formula is C14H20N2O. The second kappa shape index (κ2) is 5.32. The van der Waals surface area contributed by atoms with Gasteiger partial charge in [0, 0.05) is 26.1 Å². The lowest BCUT2D eigenvalue weighted by atomic mass is 10.1. The third kappa shape index (κ3) is 3.56. The molecule has 1 aromatic carbocycles. The Balaban J connectivity index is 1.82. The van der Waals surface area contributed by atoms with Crippen molar-refractivity contribution in [3.63, 3.8) is 0 Å². The highest BCUT2D eigenvalue weighted by Gasteiger charge is 2.30. The predicted molar refractivity (Wildman–Crippen MR) is 68.2 cm³/mol. The van der Waals surface area contributed by atoms with Gasteiger partial charge >= 0.3 is 0 Å². The minimum Gasteiger partial charge on any atom is -0.341 e. The number of carbonyl (C=O) groups is 1. The molecular weight excluding hydrogens is 212 g/mol. The molecule has 1 aliphatic rings. The quantitative estimate of drug-likeness (QED) is 0.841. The lowest BCUT2D eigenvalue weighted by Gasteiger charge is -2.19. The molecule has 1 unspecified atom stereocenters. The fourth-order valence-electron chi connectivity index (χ4n) is 1.99. The maximum atomic E-state index is 11.9. The van der Waals surface area contributed by atoms with Crippen LogP contribution in [0.25, 0.3) is 0 Å². The number of amides is 1. The molecule has 0 bridgehead atoms. The average Bonchev–Trinajstić information content (AvgIpc) is 3.14. The first kappa shape index (κ1) is 12.1. The predicted octanol–water partition coefficient (Wildman–Crippen LogP) is 1.77. The molecule has 1 fully saturated rings. The van der Waals surface area contributed by atoms with Crippen LogP contribution in [-0.2, 0) is 11.3 Å². The largest absolute Gasteiger partial charge is 0.341 e. The van der Waals surface area contributed by atoms with Gasteiger partial charge in [0.1, 0.15) is 0 Å².